The number of rotatable bonds is 5. The van der Waals surface area contributed by atoms with Gasteiger partial charge in [0.15, 0.2) is 0 Å². The Morgan fingerprint density at radius 1 is 1.39 bits per heavy atom. The van der Waals surface area contributed by atoms with Crippen molar-refractivity contribution in [3.8, 4) is 6.07 Å². The highest BCUT2D eigenvalue weighted by molar-refractivity contribution is 6.35. The number of halogens is 2. The molecule has 0 aliphatic heterocycles. The highest BCUT2D eigenvalue weighted by Gasteiger charge is 2.20. The Morgan fingerprint density at radius 3 is 2.56 bits per heavy atom. The fourth-order valence-electron chi connectivity index (χ4n) is 1.68. The third-order valence-corrected chi connectivity index (χ3v) is 3.40. The summed E-state index contributed by atoms with van der Waals surface area (Å²) in [5.74, 6) is 0. The third kappa shape index (κ3) is 4.17. The minimum Gasteiger partial charge on any atom is -0.308 e. The summed E-state index contributed by atoms with van der Waals surface area (Å²) >= 11 is 12.1. The highest BCUT2D eigenvalue weighted by atomic mass is 35.5. The van der Waals surface area contributed by atoms with E-state index in [0.717, 1.165) is 12.0 Å². The number of nitriles is 1. The smallest absolute Gasteiger partial charge is 0.0697 e. The van der Waals surface area contributed by atoms with Crippen LogP contribution in [0.2, 0.25) is 10.0 Å². The molecule has 0 heterocycles. The second kappa shape index (κ2) is 6.43. The van der Waals surface area contributed by atoms with E-state index >= 15 is 0 Å². The maximum Gasteiger partial charge on any atom is 0.0697 e. The molecule has 1 aromatic rings. The lowest BCUT2D eigenvalue weighted by molar-refractivity contribution is 0.398. The highest BCUT2D eigenvalue weighted by Crippen LogP contribution is 2.28. The summed E-state index contributed by atoms with van der Waals surface area (Å²) < 4.78 is 0. The molecule has 1 atom stereocenters. The maximum atomic E-state index is 9.01. The van der Waals surface area contributed by atoms with E-state index in [9.17, 15) is 0 Å². The Morgan fingerprint density at radius 2 is 2.06 bits per heavy atom. The molecule has 2 nitrogen and oxygen atoms in total. The van der Waals surface area contributed by atoms with Crippen molar-refractivity contribution >= 4 is 23.2 Å². The predicted octanol–water partition coefficient (Wildman–Crippen LogP) is 4.58. The average Bonchev–Trinajstić information content (AvgIpc) is 2.32. The number of hydrogen-bond acceptors (Lipinski definition) is 2. The van der Waals surface area contributed by atoms with Crippen LogP contribution < -0.4 is 5.32 Å². The third-order valence-electron chi connectivity index (χ3n) is 2.84. The number of hydrogen-bond donors (Lipinski definition) is 1. The first kappa shape index (κ1) is 15.3. The van der Waals surface area contributed by atoms with Crippen LogP contribution in [0.5, 0.6) is 0 Å². The minimum absolute atomic E-state index is 0.141. The number of nitrogens with zero attached hydrogens (tertiary/aromatic N) is 1. The Bertz CT molecular complexity index is 450. The van der Waals surface area contributed by atoms with Crippen LogP contribution in [0.3, 0.4) is 0 Å². The van der Waals surface area contributed by atoms with Crippen molar-refractivity contribution in [2.24, 2.45) is 5.41 Å². The van der Waals surface area contributed by atoms with Crippen molar-refractivity contribution in [1.29, 1.82) is 5.26 Å². The maximum absolute atomic E-state index is 9.01. The fraction of sp³-hybridized carbons (Fsp3) is 0.500. The molecule has 98 valence electrons. The standard InChI is InChI=1S/C14H18Cl2N2/c1-4-13(18-9-14(2,3)8-17)11-6-5-10(15)7-12(11)16/h5-7,13,18H,4,9H2,1-3H3. The Labute approximate surface area is 119 Å². The van der Waals surface area contributed by atoms with Crippen LogP contribution in [0.15, 0.2) is 18.2 Å². The largest absolute Gasteiger partial charge is 0.308 e. The second-order valence-electron chi connectivity index (χ2n) is 5.00. The molecule has 0 saturated carbocycles. The molecule has 1 N–H and O–H groups in total. The lowest BCUT2D eigenvalue weighted by atomic mass is 9.94. The summed E-state index contributed by atoms with van der Waals surface area (Å²) in [6, 6.07) is 7.94. The molecular formula is C14H18Cl2N2. The van der Waals surface area contributed by atoms with Gasteiger partial charge in [0.1, 0.15) is 0 Å². The van der Waals surface area contributed by atoms with Gasteiger partial charge in [-0.1, -0.05) is 36.2 Å². The molecule has 1 rings (SSSR count). The molecule has 0 fully saturated rings. The zero-order valence-electron chi connectivity index (χ0n) is 10.9. The molecule has 0 spiro atoms. The molecular weight excluding hydrogens is 267 g/mol. The van der Waals surface area contributed by atoms with Crippen molar-refractivity contribution in [1.82, 2.24) is 5.32 Å². The summed E-state index contributed by atoms with van der Waals surface area (Å²) in [4.78, 5) is 0. The molecule has 1 aromatic carbocycles. The van der Waals surface area contributed by atoms with E-state index in [-0.39, 0.29) is 11.5 Å². The molecule has 0 amide bonds. The van der Waals surface area contributed by atoms with Gasteiger partial charge in [0.2, 0.25) is 0 Å². The number of benzene rings is 1. The Kier molecular flexibility index (Phi) is 5.47. The van der Waals surface area contributed by atoms with Crippen LogP contribution in [-0.4, -0.2) is 6.54 Å². The van der Waals surface area contributed by atoms with Crippen LogP contribution >= 0.6 is 23.2 Å². The van der Waals surface area contributed by atoms with Crippen molar-refractivity contribution in [2.45, 2.75) is 33.2 Å². The molecule has 0 aromatic heterocycles. The average molecular weight is 285 g/mol. The van der Waals surface area contributed by atoms with E-state index in [2.05, 4.69) is 18.3 Å². The zero-order valence-corrected chi connectivity index (χ0v) is 12.4. The normalized spacial score (nSPS) is 13.1. The van der Waals surface area contributed by atoms with Gasteiger partial charge in [0.05, 0.1) is 11.5 Å². The SMILES string of the molecule is CCC(NCC(C)(C)C#N)c1ccc(Cl)cc1Cl. The van der Waals surface area contributed by atoms with Crippen LogP contribution in [0, 0.1) is 16.7 Å². The summed E-state index contributed by atoms with van der Waals surface area (Å²) in [7, 11) is 0. The van der Waals surface area contributed by atoms with Gasteiger partial charge in [0.25, 0.3) is 0 Å². The summed E-state index contributed by atoms with van der Waals surface area (Å²) in [6.07, 6.45) is 0.906. The fourth-order valence-corrected chi connectivity index (χ4v) is 2.22. The zero-order chi connectivity index (χ0) is 13.8. The van der Waals surface area contributed by atoms with Crippen LogP contribution in [0.4, 0.5) is 0 Å². The first-order valence-corrected chi connectivity index (χ1v) is 6.75. The van der Waals surface area contributed by atoms with E-state index in [1.807, 2.05) is 26.0 Å². The van der Waals surface area contributed by atoms with Crippen molar-refractivity contribution in [3.63, 3.8) is 0 Å². The van der Waals surface area contributed by atoms with Gasteiger partial charge < -0.3 is 5.32 Å². The van der Waals surface area contributed by atoms with Crippen LogP contribution in [0.25, 0.3) is 0 Å². The topological polar surface area (TPSA) is 35.8 Å². The summed E-state index contributed by atoms with van der Waals surface area (Å²) in [5, 5.41) is 13.7. The second-order valence-corrected chi connectivity index (χ2v) is 5.85. The molecule has 0 aliphatic carbocycles. The van der Waals surface area contributed by atoms with E-state index in [1.54, 1.807) is 6.07 Å². The lowest BCUT2D eigenvalue weighted by Crippen LogP contribution is -2.31. The monoisotopic (exact) mass is 284 g/mol. The van der Waals surface area contributed by atoms with Gasteiger partial charge in [-0.3, -0.25) is 0 Å². The quantitative estimate of drug-likeness (QED) is 0.859. The Hall–Kier alpha value is -0.750. The first-order valence-electron chi connectivity index (χ1n) is 5.99. The van der Waals surface area contributed by atoms with E-state index in [1.165, 1.54) is 0 Å². The van der Waals surface area contributed by atoms with Gasteiger partial charge in [-0.15, -0.1) is 0 Å². The molecule has 1 unspecified atom stereocenters. The Balaban J connectivity index is 2.81. The predicted molar refractivity (Wildman–Crippen MR) is 76.9 cm³/mol. The summed E-state index contributed by atoms with van der Waals surface area (Å²) in [5.41, 5.74) is 0.643. The van der Waals surface area contributed by atoms with Gasteiger partial charge >= 0.3 is 0 Å². The van der Waals surface area contributed by atoms with Crippen molar-refractivity contribution in [3.05, 3.63) is 33.8 Å². The molecule has 0 saturated heterocycles. The van der Waals surface area contributed by atoms with E-state index < -0.39 is 0 Å². The number of nitrogens with one attached hydrogen (secondary N) is 1. The van der Waals surface area contributed by atoms with Crippen molar-refractivity contribution < 1.29 is 0 Å². The molecule has 0 aliphatic rings. The van der Waals surface area contributed by atoms with Gasteiger partial charge in [-0.05, 0) is 38.0 Å². The van der Waals surface area contributed by atoms with Crippen LogP contribution in [0.1, 0.15) is 38.8 Å². The van der Waals surface area contributed by atoms with Gasteiger partial charge in [-0.25, -0.2) is 0 Å². The molecule has 4 heteroatoms. The van der Waals surface area contributed by atoms with Gasteiger partial charge in [-0.2, -0.15) is 5.26 Å². The molecule has 0 radical (unpaired) electrons. The lowest BCUT2D eigenvalue weighted by Gasteiger charge is -2.23. The molecule has 18 heavy (non-hydrogen) atoms. The van der Waals surface area contributed by atoms with Gasteiger partial charge in [0, 0.05) is 22.6 Å². The van der Waals surface area contributed by atoms with Crippen molar-refractivity contribution in [2.75, 3.05) is 6.54 Å². The molecule has 0 bridgehead atoms. The summed E-state index contributed by atoms with van der Waals surface area (Å²) in [6.45, 7) is 6.54. The van der Waals surface area contributed by atoms with Crippen LogP contribution in [-0.2, 0) is 0 Å². The van der Waals surface area contributed by atoms with E-state index in [4.69, 9.17) is 28.5 Å². The van der Waals surface area contributed by atoms with E-state index in [0.29, 0.717) is 16.6 Å². The first-order chi connectivity index (χ1) is 8.39. The minimum atomic E-state index is -0.383.